The molecule has 1 aromatic rings. The van der Waals surface area contributed by atoms with Gasteiger partial charge in [-0.15, -0.1) is 0 Å². The molecule has 0 saturated carbocycles. The van der Waals surface area contributed by atoms with Crippen LogP contribution in [-0.2, 0) is 0 Å². The van der Waals surface area contributed by atoms with Crippen LogP contribution >= 0.6 is 11.6 Å². The lowest BCUT2D eigenvalue weighted by Crippen LogP contribution is -2.29. The van der Waals surface area contributed by atoms with Gasteiger partial charge in [-0.05, 0) is 18.6 Å². The predicted molar refractivity (Wildman–Crippen MR) is 60.3 cm³/mol. The third-order valence-electron chi connectivity index (χ3n) is 2.80. The Morgan fingerprint density at radius 1 is 1.69 bits per heavy atom. The summed E-state index contributed by atoms with van der Waals surface area (Å²) in [6.45, 7) is 1.46. The number of aliphatic hydroxyl groups excluding tert-OH is 1. The molecule has 1 aliphatic heterocycles. The van der Waals surface area contributed by atoms with Gasteiger partial charge < -0.3 is 10.0 Å². The lowest BCUT2D eigenvalue weighted by Gasteiger charge is -2.16. The van der Waals surface area contributed by atoms with Gasteiger partial charge in [0, 0.05) is 37.4 Å². The normalized spacial score (nSPS) is 20.1. The minimum atomic E-state index is -0.0414. The molecule has 1 fully saturated rings. The fourth-order valence-corrected chi connectivity index (χ4v) is 2.06. The van der Waals surface area contributed by atoms with Gasteiger partial charge in [-0.3, -0.25) is 4.79 Å². The zero-order valence-electron chi connectivity index (χ0n) is 8.77. The molecule has 2 rings (SSSR count). The standard InChI is InChI=1S/C11H13ClN2O2/c12-10-5-9(1-3-13-10)11(16)14-4-2-8(6-14)7-15/h1,3,5,8,15H,2,4,6-7H2. The van der Waals surface area contributed by atoms with Crippen molar-refractivity contribution in [2.75, 3.05) is 19.7 Å². The molecule has 0 spiro atoms. The number of halogens is 1. The molecule has 5 heteroatoms. The van der Waals surface area contributed by atoms with Crippen molar-refractivity contribution < 1.29 is 9.90 Å². The maximum absolute atomic E-state index is 12.0. The monoisotopic (exact) mass is 240 g/mol. The van der Waals surface area contributed by atoms with Crippen LogP contribution in [0.25, 0.3) is 0 Å². The van der Waals surface area contributed by atoms with Gasteiger partial charge in [-0.25, -0.2) is 4.98 Å². The zero-order valence-corrected chi connectivity index (χ0v) is 9.52. The van der Waals surface area contributed by atoms with Crippen LogP contribution in [0.5, 0.6) is 0 Å². The van der Waals surface area contributed by atoms with E-state index in [9.17, 15) is 4.79 Å². The molecule has 16 heavy (non-hydrogen) atoms. The van der Waals surface area contributed by atoms with Gasteiger partial charge in [0.2, 0.25) is 0 Å². The van der Waals surface area contributed by atoms with E-state index in [4.69, 9.17) is 16.7 Å². The molecular weight excluding hydrogens is 228 g/mol. The Bertz CT molecular complexity index is 397. The summed E-state index contributed by atoms with van der Waals surface area (Å²) in [5.41, 5.74) is 0.554. The quantitative estimate of drug-likeness (QED) is 0.790. The first-order valence-corrected chi connectivity index (χ1v) is 5.60. The van der Waals surface area contributed by atoms with E-state index >= 15 is 0 Å². The average molecular weight is 241 g/mol. The van der Waals surface area contributed by atoms with Crippen molar-refractivity contribution in [3.05, 3.63) is 29.0 Å². The summed E-state index contributed by atoms with van der Waals surface area (Å²) in [5, 5.41) is 9.33. The van der Waals surface area contributed by atoms with Crippen LogP contribution in [0.3, 0.4) is 0 Å². The maximum Gasteiger partial charge on any atom is 0.254 e. The van der Waals surface area contributed by atoms with Crippen LogP contribution in [-0.4, -0.2) is 40.6 Å². The van der Waals surface area contributed by atoms with Crippen molar-refractivity contribution >= 4 is 17.5 Å². The zero-order chi connectivity index (χ0) is 11.5. The van der Waals surface area contributed by atoms with Crippen LogP contribution in [0.4, 0.5) is 0 Å². The second-order valence-electron chi connectivity index (χ2n) is 3.96. The van der Waals surface area contributed by atoms with Crippen molar-refractivity contribution in [2.45, 2.75) is 6.42 Å². The van der Waals surface area contributed by atoms with Gasteiger partial charge in [-0.1, -0.05) is 11.6 Å². The number of pyridine rings is 1. The Kier molecular flexibility index (Phi) is 3.41. The van der Waals surface area contributed by atoms with E-state index in [1.54, 1.807) is 17.0 Å². The number of aromatic nitrogens is 1. The number of carbonyl (C=O) groups excluding carboxylic acids is 1. The van der Waals surface area contributed by atoms with Crippen LogP contribution in [0.2, 0.25) is 5.15 Å². The third-order valence-corrected chi connectivity index (χ3v) is 3.01. The molecule has 1 aliphatic rings. The molecule has 4 nitrogen and oxygen atoms in total. The van der Waals surface area contributed by atoms with Crippen molar-refractivity contribution in [2.24, 2.45) is 5.92 Å². The highest BCUT2D eigenvalue weighted by Gasteiger charge is 2.26. The first-order chi connectivity index (χ1) is 7.70. The Morgan fingerprint density at radius 2 is 2.50 bits per heavy atom. The number of carbonyl (C=O) groups is 1. The number of hydrogen-bond donors (Lipinski definition) is 1. The number of nitrogens with zero attached hydrogens (tertiary/aromatic N) is 2. The van der Waals surface area contributed by atoms with E-state index < -0.39 is 0 Å². The second-order valence-corrected chi connectivity index (χ2v) is 4.34. The number of aliphatic hydroxyl groups is 1. The van der Waals surface area contributed by atoms with Crippen molar-refractivity contribution in [3.8, 4) is 0 Å². The molecule has 1 amide bonds. The van der Waals surface area contributed by atoms with Crippen LogP contribution < -0.4 is 0 Å². The molecule has 0 bridgehead atoms. The largest absolute Gasteiger partial charge is 0.396 e. The molecule has 1 saturated heterocycles. The van der Waals surface area contributed by atoms with Crippen LogP contribution in [0.15, 0.2) is 18.3 Å². The molecule has 0 aliphatic carbocycles. The minimum absolute atomic E-state index is 0.0414. The molecule has 1 unspecified atom stereocenters. The van der Waals surface area contributed by atoms with Gasteiger partial charge in [0.05, 0.1) is 0 Å². The SMILES string of the molecule is O=C(c1ccnc(Cl)c1)N1CCC(CO)C1. The van der Waals surface area contributed by atoms with Crippen LogP contribution in [0, 0.1) is 5.92 Å². The van der Waals surface area contributed by atoms with Gasteiger partial charge in [0.25, 0.3) is 5.91 Å². The highest BCUT2D eigenvalue weighted by atomic mass is 35.5. The predicted octanol–water partition coefficient (Wildman–Crippen LogP) is 1.19. The molecule has 2 heterocycles. The Labute approximate surface area is 98.9 Å². The van der Waals surface area contributed by atoms with Crippen molar-refractivity contribution in [1.29, 1.82) is 0 Å². The van der Waals surface area contributed by atoms with Gasteiger partial charge >= 0.3 is 0 Å². The summed E-state index contributed by atoms with van der Waals surface area (Å²) in [6, 6.07) is 3.22. The number of hydrogen-bond acceptors (Lipinski definition) is 3. The molecule has 1 N–H and O–H groups in total. The van der Waals surface area contributed by atoms with Gasteiger partial charge in [0.15, 0.2) is 0 Å². The van der Waals surface area contributed by atoms with E-state index in [1.165, 1.54) is 6.20 Å². The van der Waals surface area contributed by atoms with E-state index in [0.717, 1.165) is 6.42 Å². The third kappa shape index (κ3) is 2.33. The topological polar surface area (TPSA) is 53.4 Å². The summed E-state index contributed by atoms with van der Waals surface area (Å²) >= 11 is 5.73. The molecular formula is C11H13ClN2O2. The second kappa shape index (κ2) is 4.80. The summed E-state index contributed by atoms with van der Waals surface area (Å²) < 4.78 is 0. The minimum Gasteiger partial charge on any atom is -0.396 e. The fraction of sp³-hybridized carbons (Fsp3) is 0.455. The van der Waals surface area contributed by atoms with Gasteiger partial charge in [0.1, 0.15) is 5.15 Å². The summed E-state index contributed by atoms with van der Waals surface area (Å²) in [6.07, 6.45) is 2.39. The van der Waals surface area contributed by atoms with Crippen LogP contribution in [0.1, 0.15) is 16.8 Å². The first kappa shape index (κ1) is 11.4. The van der Waals surface area contributed by atoms with Crippen molar-refractivity contribution in [3.63, 3.8) is 0 Å². The highest BCUT2D eigenvalue weighted by Crippen LogP contribution is 2.18. The summed E-state index contributed by atoms with van der Waals surface area (Å²) in [7, 11) is 0. The van der Waals surface area contributed by atoms with Gasteiger partial charge in [-0.2, -0.15) is 0 Å². The number of likely N-dealkylation sites (tertiary alicyclic amines) is 1. The first-order valence-electron chi connectivity index (χ1n) is 5.22. The van der Waals surface area contributed by atoms with E-state index in [2.05, 4.69) is 4.98 Å². The molecule has 0 radical (unpaired) electrons. The molecule has 86 valence electrons. The highest BCUT2D eigenvalue weighted by molar-refractivity contribution is 6.29. The number of amides is 1. The molecule has 1 aromatic heterocycles. The van der Waals surface area contributed by atoms with E-state index in [0.29, 0.717) is 23.8 Å². The Hall–Kier alpha value is -1.13. The lowest BCUT2D eigenvalue weighted by atomic mass is 10.1. The average Bonchev–Trinajstić information content (AvgIpc) is 2.76. The number of rotatable bonds is 2. The summed E-state index contributed by atoms with van der Waals surface area (Å²) in [4.78, 5) is 17.6. The fourth-order valence-electron chi connectivity index (χ4n) is 1.88. The lowest BCUT2D eigenvalue weighted by molar-refractivity contribution is 0.0781. The Balaban J connectivity index is 2.08. The Morgan fingerprint density at radius 3 is 3.12 bits per heavy atom. The van der Waals surface area contributed by atoms with Crippen molar-refractivity contribution in [1.82, 2.24) is 9.88 Å². The summed E-state index contributed by atoms with van der Waals surface area (Å²) in [5.74, 6) is 0.168. The van der Waals surface area contributed by atoms with E-state index in [1.807, 2.05) is 0 Å². The molecule has 1 atom stereocenters. The molecule has 0 aromatic carbocycles. The smallest absolute Gasteiger partial charge is 0.254 e. The van der Waals surface area contributed by atoms with E-state index in [-0.39, 0.29) is 18.4 Å². The maximum atomic E-state index is 12.0.